The number of fused-ring (bicyclic) bond motifs is 1. The maximum Gasteiger partial charge on any atom is 0.362 e. The Hall–Kier alpha value is -2.49. The highest BCUT2D eigenvalue weighted by atomic mass is 32.2. The minimum atomic E-state index is -4.65. The minimum absolute atomic E-state index is 0.0201. The molecule has 0 unspecified atom stereocenters. The van der Waals surface area contributed by atoms with Crippen LogP contribution in [0.2, 0.25) is 0 Å². The molecule has 0 spiro atoms. The summed E-state index contributed by atoms with van der Waals surface area (Å²) in [7, 11) is -4.65. The van der Waals surface area contributed by atoms with Crippen LogP contribution in [-0.2, 0) is 10.1 Å². The van der Waals surface area contributed by atoms with Crippen LogP contribution in [0.1, 0.15) is 10.6 Å². The predicted molar refractivity (Wildman–Crippen MR) is 83.1 cm³/mol. The molecule has 0 aliphatic carbocycles. The van der Waals surface area contributed by atoms with Gasteiger partial charge in [-0.3, -0.25) is 0 Å². The summed E-state index contributed by atoms with van der Waals surface area (Å²) < 4.78 is 38.1. The highest BCUT2D eigenvalue weighted by Gasteiger charge is 2.10. The van der Waals surface area contributed by atoms with Crippen LogP contribution < -0.4 is 5.63 Å². The van der Waals surface area contributed by atoms with E-state index in [0.29, 0.717) is 4.88 Å². The molecule has 1 N–H and O–H groups in total. The quantitative estimate of drug-likeness (QED) is 0.568. The first kappa shape index (κ1) is 15.4. The van der Waals surface area contributed by atoms with Gasteiger partial charge in [0.05, 0.1) is 9.77 Å². The molecule has 3 aromatic rings. The topological polar surface area (TPSA) is 121 Å². The maximum atomic E-state index is 11.9. The Morgan fingerprint density at radius 2 is 2.13 bits per heavy atom. The lowest BCUT2D eigenvalue weighted by Gasteiger charge is -2.07. The number of hydrogen-bond acceptors (Lipinski definition) is 8. The van der Waals surface area contributed by atoms with E-state index in [0.717, 1.165) is 18.2 Å². The van der Waals surface area contributed by atoms with E-state index in [4.69, 9.17) is 4.42 Å². The monoisotopic (exact) mass is 350 g/mol. The molecule has 23 heavy (non-hydrogen) atoms. The smallest absolute Gasteiger partial charge is 0.362 e. The van der Waals surface area contributed by atoms with Gasteiger partial charge in [0.15, 0.2) is 11.3 Å². The van der Waals surface area contributed by atoms with Gasteiger partial charge in [-0.15, -0.1) is 11.3 Å². The molecule has 0 radical (unpaired) electrons. The van der Waals surface area contributed by atoms with Crippen molar-refractivity contribution < 1.29 is 22.5 Å². The third kappa shape index (κ3) is 3.16. The zero-order valence-electron chi connectivity index (χ0n) is 11.3. The van der Waals surface area contributed by atoms with Crippen molar-refractivity contribution in [2.75, 3.05) is 0 Å². The molecule has 7 nitrogen and oxygen atoms in total. The molecule has 0 bridgehead atoms. The summed E-state index contributed by atoms with van der Waals surface area (Å²) >= 11 is 1.27. The first-order valence-corrected chi connectivity index (χ1v) is 8.49. The largest absolute Gasteiger partial charge is 0.744 e. The van der Waals surface area contributed by atoms with Crippen LogP contribution in [0, 0.1) is 0 Å². The standard InChI is InChI=1S/C14H9NO6S2/c16-11(13-2-1-5-22-13)7-10-14(17)21-12-4-3-8(23(18,19)20)6-9(12)15-10/h1-7,16H,(H,18,19,20)/p-1. The predicted octanol–water partition coefficient (Wildman–Crippen LogP) is 2.21. The van der Waals surface area contributed by atoms with Crippen LogP contribution in [-0.4, -0.2) is 23.1 Å². The van der Waals surface area contributed by atoms with Crippen molar-refractivity contribution in [2.45, 2.75) is 4.90 Å². The summed E-state index contributed by atoms with van der Waals surface area (Å²) in [6.45, 7) is 0. The molecule has 0 amide bonds. The van der Waals surface area contributed by atoms with E-state index in [1.807, 2.05) is 0 Å². The van der Waals surface area contributed by atoms with Crippen molar-refractivity contribution in [1.82, 2.24) is 4.98 Å². The molecule has 0 atom stereocenters. The SMILES string of the molecule is O=c1oc2ccc(S(=O)(=O)[O-])cc2nc1C=C(O)c1cccs1. The first-order valence-electron chi connectivity index (χ1n) is 6.20. The fraction of sp³-hybridized carbons (Fsp3) is 0. The van der Waals surface area contributed by atoms with E-state index in [2.05, 4.69) is 4.98 Å². The lowest BCUT2D eigenvalue weighted by molar-refractivity contribution is 0.463. The number of hydrogen-bond donors (Lipinski definition) is 1. The van der Waals surface area contributed by atoms with Gasteiger partial charge in [0.2, 0.25) is 0 Å². The third-order valence-corrected chi connectivity index (χ3v) is 4.64. The van der Waals surface area contributed by atoms with E-state index in [1.165, 1.54) is 17.4 Å². The number of aliphatic hydroxyl groups is 1. The Kier molecular flexibility index (Phi) is 3.76. The lowest BCUT2D eigenvalue weighted by Crippen LogP contribution is -2.07. The molecule has 2 aromatic heterocycles. The normalized spacial score (nSPS) is 12.7. The van der Waals surface area contributed by atoms with Gasteiger partial charge in [-0.2, -0.15) is 0 Å². The second-order valence-electron chi connectivity index (χ2n) is 4.48. The Morgan fingerprint density at radius 3 is 2.78 bits per heavy atom. The molecule has 1 aromatic carbocycles. The number of nitrogens with zero attached hydrogens (tertiary/aromatic N) is 1. The number of thiophene rings is 1. The van der Waals surface area contributed by atoms with Crippen molar-refractivity contribution in [3.05, 3.63) is 56.7 Å². The molecule has 0 aliphatic heterocycles. The highest BCUT2D eigenvalue weighted by Crippen LogP contribution is 2.20. The summed E-state index contributed by atoms with van der Waals surface area (Å²) in [5.74, 6) is -0.174. The summed E-state index contributed by atoms with van der Waals surface area (Å²) in [5, 5.41) is 11.7. The maximum absolute atomic E-state index is 11.9. The van der Waals surface area contributed by atoms with Crippen LogP contribution in [0.25, 0.3) is 22.9 Å². The third-order valence-electron chi connectivity index (χ3n) is 2.92. The van der Waals surface area contributed by atoms with Crippen LogP contribution in [0.15, 0.2) is 49.8 Å². The highest BCUT2D eigenvalue weighted by molar-refractivity contribution is 7.85. The Labute approximate surface area is 133 Å². The molecule has 0 aliphatic rings. The van der Waals surface area contributed by atoms with Gasteiger partial charge in [0.1, 0.15) is 21.4 Å². The van der Waals surface area contributed by atoms with Crippen molar-refractivity contribution in [2.24, 2.45) is 0 Å². The number of aromatic nitrogens is 1. The summed E-state index contributed by atoms with van der Waals surface area (Å²) in [6.07, 6.45) is 1.12. The summed E-state index contributed by atoms with van der Waals surface area (Å²) in [4.78, 5) is 15.9. The fourth-order valence-corrected chi connectivity index (χ4v) is 3.00. The Bertz CT molecular complexity index is 1060. The second-order valence-corrected chi connectivity index (χ2v) is 6.80. The number of aliphatic hydroxyl groups excluding tert-OH is 1. The van der Waals surface area contributed by atoms with Gasteiger partial charge >= 0.3 is 5.63 Å². The van der Waals surface area contributed by atoms with E-state index in [9.17, 15) is 22.9 Å². The van der Waals surface area contributed by atoms with Crippen molar-refractivity contribution in [1.29, 1.82) is 0 Å². The minimum Gasteiger partial charge on any atom is -0.744 e. The molecule has 0 fully saturated rings. The van der Waals surface area contributed by atoms with Gasteiger partial charge in [-0.25, -0.2) is 18.2 Å². The molecule has 9 heteroatoms. The van der Waals surface area contributed by atoms with Crippen molar-refractivity contribution in [3.63, 3.8) is 0 Å². The molecule has 0 saturated carbocycles. The zero-order valence-corrected chi connectivity index (χ0v) is 12.9. The summed E-state index contributed by atoms with van der Waals surface area (Å²) in [6, 6.07) is 6.61. The van der Waals surface area contributed by atoms with E-state index < -0.39 is 20.6 Å². The molecular formula is C14H8NO6S2-. The van der Waals surface area contributed by atoms with Crippen molar-refractivity contribution >= 4 is 44.4 Å². The van der Waals surface area contributed by atoms with Gasteiger partial charge in [0.25, 0.3) is 0 Å². The second kappa shape index (κ2) is 5.61. The van der Waals surface area contributed by atoms with Gasteiger partial charge in [-0.05, 0) is 29.6 Å². The number of rotatable bonds is 3. The van der Waals surface area contributed by atoms with Crippen molar-refractivity contribution in [3.8, 4) is 0 Å². The van der Waals surface area contributed by atoms with Crippen LogP contribution in [0.5, 0.6) is 0 Å². The first-order chi connectivity index (χ1) is 10.8. The number of benzene rings is 1. The molecule has 0 saturated heterocycles. The van der Waals surface area contributed by atoms with Gasteiger partial charge < -0.3 is 14.1 Å². The van der Waals surface area contributed by atoms with Crippen LogP contribution in [0.4, 0.5) is 0 Å². The van der Waals surface area contributed by atoms with E-state index in [1.54, 1.807) is 17.5 Å². The Balaban J connectivity index is 2.16. The molecule has 2 heterocycles. The zero-order chi connectivity index (χ0) is 16.6. The average molecular weight is 350 g/mol. The summed E-state index contributed by atoms with van der Waals surface area (Å²) in [5.41, 5.74) is -0.941. The fourth-order valence-electron chi connectivity index (χ4n) is 1.87. The van der Waals surface area contributed by atoms with Crippen LogP contribution in [0.3, 0.4) is 0 Å². The lowest BCUT2D eigenvalue weighted by atomic mass is 10.3. The van der Waals surface area contributed by atoms with Gasteiger partial charge in [-0.1, -0.05) is 6.07 Å². The van der Waals surface area contributed by atoms with E-state index >= 15 is 0 Å². The van der Waals surface area contributed by atoms with Gasteiger partial charge in [0, 0.05) is 6.08 Å². The average Bonchev–Trinajstić information content (AvgIpc) is 3.01. The molecule has 3 rings (SSSR count). The molecular weight excluding hydrogens is 342 g/mol. The van der Waals surface area contributed by atoms with Crippen LogP contribution >= 0.6 is 11.3 Å². The van der Waals surface area contributed by atoms with E-state index in [-0.39, 0.29) is 22.6 Å². The Morgan fingerprint density at radius 1 is 1.35 bits per heavy atom. The molecule has 118 valence electrons.